The monoisotopic (exact) mass is 600 g/mol. The molecule has 3 N–H and O–H groups in total. The Bertz CT molecular complexity index is 1660. The van der Waals surface area contributed by atoms with Gasteiger partial charge in [-0.05, 0) is 70.9 Å². The number of aryl methyl sites for hydroxylation is 3. The van der Waals surface area contributed by atoms with Crippen molar-refractivity contribution in [2.24, 2.45) is 0 Å². The Morgan fingerprint density at radius 3 is 2.33 bits per heavy atom. The van der Waals surface area contributed by atoms with Crippen LogP contribution in [0.3, 0.4) is 0 Å². The fourth-order valence-corrected chi connectivity index (χ4v) is 5.43. The van der Waals surface area contributed by atoms with E-state index in [0.29, 0.717) is 22.5 Å². The second-order valence-corrected chi connectivity index (χ2v) is 11.2. The van der Waals surface area contributed by atoms with Crippen molar-refractivity contribution < 1.29 is 37.2 Å². The first kappa shape index (κ1) is 31.8. The SMILES string of the molecule is CCOC(=O)c1c(C)[nH]c(C(=O)[C@@H](C)OC(=O)CNc2ccc(S(=O)(=O)Nc3ccc(C)cc3C)cc2[N+](=O)[O-])c1C. The number of carbonyl (C=O) groups excluding carboxylic acids is 3. The van der Waals surface area contributed by atoms with Gasteiger partial charge in [0.05, 0.1) is 33.4 Å². The number of benzene rings is 2. The van der Waals surface area contributed by atoms with Crippen molar-refractivity contribution in [2.75, 3.05) is 23.2 Å². The summed E-state index contributed by atoms with van der Waals surface area (Å²) in [5, 5.41) is 14.3. The number of ketones is 1. The Morgan fingerprint density at radius 1 is 1.05 bits per heavy atom. The van der Waals surface area contributed by atoms with E-state index in [1.807, 2.05) is 6.92 Å². The summed E-state index contributed by atoms with van der Waals surface area (Å²) in [7, 11) is -4.16. The lowest BCUT2D eigenvalue weighted by Crippen LogP contribution is -2.28. The Morgan fingerprint density at radius 2 is 1.71 bits per heavy atom. The fraction of sp³-hybridized carbons (Fsp3) is 0.321. The number of ether oxygens (including phenoxy) is 2. The van der Waals surface area contributed by atoms with Crippen LogP contribution < -0.4 is 10.0 Å². The van der Waals surface area contributed by atoms with E-state index in [1.54, 1.807) is 45.9 Å². The van der Waals surface area contributed by atoms with Gasteiger partial charge in [-0.25, -0.2) is 13.2 Å². The molecule has 0 aliphatic rings. The first-order valence-electron chi connectivity index (χ1n) is 12.9. The maximum atomic E-state index is 12.9. The number of sulfonamides is 1. The molecule has 0 spiro atoms. The molecule has 3 rings (SSSR count). The van der Waals surface area contributed by atoms with E-state index in [2.05, 4.69) is 15.0 Å². The van der Waals surface area contributed by atoms with Crippen LogP contribution in [-0.2, 0) is 24.3 Å². The van der Waals surface area contributed by atoms with E-state index in [9.17, 15) is 32.9 Å². The molecule has 0 radical (unpaired) electrons. The molecule has 0 amide bonds. The zero-order valence-corrected chi connectivity index (χ0v) is 24.8. The van der Waals surface area contributed by atoms with Gasteiger partial charge in [0.25, 0.3) is 15.7 Å². The summed E-state index contributed by atoms with van der Waals surface area (Å²) in [6, 6.07) is 8.33. The quantitative estimate of drug-likeness (QED) is 0.117. The van der Waals surface area contributed by atoms with E-state index in [4.69, 9.17) is 9.47 Å². The third-order valence-electron chi connectivity index (χ3n) is 6.37. The van der Waals surface area contributed by atoms with E-state index in [1.165, 1.54) is 13.0 Å². The Labute approximate surface area is 242 Å². The van der Waals surface area contributed by atoms with Crippen LogP contribution in [-0.4, -0.2) is 55.3 Å². The second-order valence-electron chi connectivity index (χ2n) is 9.56. The van der Waals surface area contributed by atoms with Crippen molar-refractivity contribution in [1.29, 1.82) is 0 Å². The first-order chi connectivity index (χ1) is 19.7. The average molecular weight is 601 g/mol. The van der Waals surface area contributed by atoms with Gasteiger partial charge < -0.3 is 19.8 Å². The number of anilines is 2. The zero-order chi connectivity index (χ0) is 31.4. The molecule has 13 nitrogen and oxygen atoms in total. The van der Waals surface area contributed by atoms with Crippen LogP contribution in [0, 0.1) is 37.8 Å². The number of nitro benzene ring substituents is 1. The predicted octanol–water partition coefficient (Wildman–Crippen LogP) is 4.36. The zero-order valence-electron chi connectivity index (χ0n) is 24.0. The number of H-pyrrole nitrogens is 1. The maximum absolute atomic E-state index is 12.9. The van der Waals surface area contributed by atoms with Gasteiger partial charge in [0.2, 0.25) is 5.78 Å². The first-order valence-corrected chi connectivity index (χ1v) is 14.4. The van der Waals surface area contributed by atoms with Gasteiger partial charge in [0, 0.05) is 11.8 Å². The lowest BCUT2D eigenvalue weighted by atomic mass is 10.1. The number of aromatic amines is 1. The smallest absolute Gasteiger partial charge is 0.340 e. The molecule has 0 aliphatic carbocycles. The standard InChI is InChI=1S/C28H32N4O9S/c1-7-40-28(35)25-17(4)26(30-18(25)5)27(34)19(6)41-24(33)14-29-22-11-9-20(13-23(22)32(36)37)42(38,39)31-21-10-8-15(2)12-16(21)3/h8-13,19,29-31H,7,14H2,1-6H3/t19-/m1/s1. The molecule has 0 bridgehead atoms. The summed E-state index contributed by atoms with van der Waals surface area (Å²) in [6.07, 6.45) is -1.25. The number of nitrogens with zero attached hydrogens (tertiary/aromatic N) is 1. The van der Waals surface area contributed by atoms with Crippen molar-refractivity contribution in [3.05, 3.63) is 80.2 Å². The summed E-state index contributed by atoms with van der Waals surface area (Å²) in [5.74, 6) is -2.07. The van der Waals surface area contributed by atoms with E-state index in [0.717, 1.165) is 17.7 Å². The number of nitrogens with one attached hydrogen (secondary N) is 3. The topological polar surface area (TPSA) is 187 Å². The molecule has 14 heteroatoms. The minimum absolute atomic E-state index is 0.0886. The van der Waals surface area contributed by atoms with Crippen molar-refractivity contribution in [1.82, 2.24) is 4.98 Å². The fourth-order valence-electron chi connectivity index (χ4n) is 4.28. The van der Waals surface area contributed by atoms with Crippen LogP contribution >= 0.6 is 0 Å². The summed E-state index contributed by atoms with van der Waals surface area (Å²) >= 11 is 0. The Hall–Kier alpha value is -4.72. The number of carbonyl (C=O) groups is 3. The predicted molar refractivity (Wildman–Crippen MR) is 154 cm³/mol. The largest absolute Gasteiger partial charge is 0.462 e. The van der Waals surface area contributed by atoms with Gasteiger partial charge in [-0.15, -0.1) is 0 Å². The van der Waals surface area contributed by atoms with Crippen molar-refractivity contribution in [3.8, 4) is 0 Å². The van der Waals surface area contributed by atoms with Crippen LogP contribution in [0.1, 0.15) is 57.1 Å². The number of Topliss-reactive ketones (excluding diaryl/α,β-unsaturated/α-hetero) is 1. The number of rotatable bonds is 12. The van der Waals surface area contributed by atoms with Gasteiger partial charge in [0.15, 0.2) is 6.10 Å². The molecule has 1 heterocycles. The molecule has 0 saturated heterocycles. The van der Waals surface area contributed by atoms with Gasteiger partial charge in [-0.3, -0.25) is 24.4 Å². The number of hydrogen-bond donors (Lipinski definition) is 3. The molecular weight excluding hydrogens is 568 g/mol. The van der Waals surface area contributed by atoms with Crippen molar-refractivity contribution >= 4 is 44.8 Å². The number of aromatic nitrogens is 1. The minimum Gasteiger partial charge on any atom is -0.462 e. The second kappa shape index (κ2) is 12.9. The summed E-state index contributed by atoms with van der Waals surface area (Å²) in [6.45, 7) is 9.39. The molecule has 224 valence electrons. The maximum Gasteiger partial charge on any atom is 0.340 e. The molecular formula is C28H32N4O9S. The van der Waals surface area contributed by atoms with Crippen LogP contribution in [0.5, 0.6) is 0 Å². The highest BCUT2D eigenvalue weighted by molar-refractivity contribution is 7.92. The third kappa shape index (κ3) is 7.13. The average Bonchev–Trinajstić information content (AvgIpc) is 3.21. The highest BCUT2D eigenvalue weighted by Gasteiger charge is 2.28. The van der Waals surface area contributed by atoms with Crippen molar-refractivity contribution in [2.45, 2.75) is 52.5 Å². The highest BCUT2D eigenvalue weighted by atomic mass is 32.2. The van der Waals surface area contributed by atoms with Crippen LogP contribution in [0.2, 0.25) is 0 Å². The molecule has 3 aromatic rings. The molecule has 0 aliphatic heterocycles. The van der Waals surface area contributed by atoms with Gasteiger partial charge >= 0.3 is 11.9 Å². The van der Waals surface area contributed by atoms with Gasteiger partial charge in [-0.2, -0.15) is 0 Å². The number of esters is 2. The lowest BCUT2D eigenvalue weighted by molar-refractivity contribution is -0.384. The summed E-state index contributed by atoms with van der Waals surface area (Å²) < 4.78 is 38.5. The molecule has 2 aromatic carbocycles. The van der Waals surface area contributed by atoms with Crippen molar-refractivity contribution in [3.63, 3.8) is 0 Å². The molecule has 0 fully saturated rings. The van der Waals surface area contributed by atoms with Crippen LogP contribution in [0.25, 0.3) is 0 Å². The normalized spacial score (nSPS) is 11.9. The minimum atomic E-state index is -4.16. The number of nitro groups is 1. The molecule has 0 unspecified atom stereocenters. The van der Waals surface area contributed by atoms with Gasteiger partial charge in [-0.1, -0.05) is 17.7 Å². The highest BCUT2D eigenvalue weighted by Crippen LogP contribution is 2.29. The molecule has 1 aromatic heterocycles. The molecule has 1 atom stereocenters. The lowest BCUT2D eigenvalue weighted by Gasteiger charge is -2.14. The summed E-state index contributed by atoms with van der Waals surface area (Å²) in [4.78, 5) is 51.1. The van der Waals surface area contributed by atoms with E-state index in [-0.39, 0.29) is 28.4 Å². The van der Waals surface area contributed by atoms with E-state index < -0.39 is 51.0 Å². The van der Waals surface area contributed by atoms with Crippen LogP contribution in [0.4, 0.5) is 17.1 Å². The molecule has 0 saturated carbocycles. The third-order valence-corrected chi connectivity index (χ3v) is 7.73. The van der Waals surface area contributed by atoms with Gasteiger partial charge in [0.1, 0.15) is 12.2 Å². The summed E-state index contributed by atoms with van der Waals surface area (Å²) in [5.41, 5.74) is 2.34. The van der Waals surface area contributed by atoms with Crippen LogP contribution in [0.15, 0.2) is 41.3 Å². The Kier molecular flexibility index (Phi) is 9.73. The number of hydrogen-bond acceptors (Lipinski definition) is 10. The van der Waals surface area contributed by atoms with E-state index >= 15 is 0 Å². The Balaban J connectivity index is 1.70. The molecule has 42 heavy (non-hydrogen) atoms.